The molecule has 0 aliphatic rings. The lowest BCUT2D eigenvalue weighted by molar-refractivity contribution is 0.452. The molecule has 15 heavy (non-hydrogen) atoms. The molecule has 1 rings (SSSR count). The van der Waals surface area contributed by atoms with Crippen LogP contribution in [0, 0.1) is 17.6 Å². The van der Waals surface area contributed by atoms with Crippen LogP contribution in [0.15, 0.2) is 6.07 Å². The monoisotopic (exact) mass is 218 g/mol. The fraction of sp³-hybridized carbons (Fsp3) is 0.500. The Bertz CT molecular complexity index is 372. The Balaban J connectivity index is 3.21. The maximum Gasteiger partial charge on any atom is 0.251 e. The highest BCUT2D eigenvalue weighted by Gasteiger charge is 2.23. The Labute approximate surface area is 86.7 Å². The second-order valence-electron chi connectivity index (χ2n) is 4.30. The summed E-state index contributed by atoms with van der Waals surface area (Å²) in [7, 11) is 1.57. The van der Waals surface area contributed by atoms with E-state index < -0.39 is 23.1 Å². The third-order valence-corrected chi connectivity index (χ3v) is 2.19. The van der Waals surface area contributed by atoms with Gasteiger partial charge in [0.25, 0.3) is 5.95 Å². The zero-order chi connectivity index (χ0) is 11.8. The van der Waals surface area contributed by atoms with Gasteiger partial charge >= 0.3 is 0 Å². The van der Waals surface area contributed by atoms with Gasteiger partial charge in [-0.1, -0.05) is 0 Å². The van der Waals surface area contributed by atoms with Crippen molar-refractivity contribution in [1.29, 1.82) is 0 Å². The molecule has 2 nitrogen and oxygen atoms in total. The zero-order valence-electron chi connectivity index (χ0n) is 9.11. The van der Waals surface area contributed by atoms with Gasteiger partial charge in [-0.05, 0) is 20.8 Å². The summed E-state index contributed by atoms with van der Waals surface area (Å²) in [6, 6.07) is 0.500. The van der Waals surface area contributed by atoms with Gasteiger partial charge in [0.05, 0.1) is 0 Å². The van der Waals surface area contributed by atoms with Crippen molar-refractivity contribution in [3.05, 3.63) is 23.6 Å². The standard InChI is InChI=1S/C10H13F3N2/c1-10(2,3)15(4)9-7(12)5-6(11)8(13)14-9/h5H,1-4H3. The van der Waals surface area contributed by atoms with Crippen LogP contribution in [0.5, 0.6) is 0 Å². The van der Waals surface area contributed by atoms with Gasteiger partial charge in [0.2, 0.25) is 0 Å². The molecule has 1 heterocycles. The minimum Gasteiger partial charge on any atom is -0.352 e. The maximum atomic E-state index is 13.3. The van der Waals surface area contributed by atoms with Crippen LogP contribution in [0.25, 0.3) is 0 Å². The molecule has 0 saturated carbocycles. The average Bonchev–Trinajstić information content (AvgIpc) is 2.08. The zero-order valence-corrected chi connectivity index (χ0v) is 9.11. The lowest BCUT2D eigenvalue weighted by atomic mass is 10.1. The van der Waals surface area contributed by atoms with Gasteiger partial charge in [0, 0.05) is 18.7 Å². The van der Waals surface area contributed by atoms with Gasteiger partial charge in [-0.2, -0.15) is 9.37 Å². The number of anilines is 1. The van der Waals surface area contributed by atoms with Crippen molar-refractivity contribution in [3.63, 3.8) is 0 Å². The van der Waals surface area contributed by atoms with Crippen molar-refractivity contribution in [3.8, 4) is 0 Å². The van der Waals surface area contributed by atoms with E-state index in [0.29, 0.717) is 6.07 Å². The molecule has 0 unspecified atom stereocenters. The molecular weight excluding hydrogens is 205 g/mol. The van der Waals surface area contributed by atoms with Crippen LogP contribution in [0.1, 0.15) is 20.8 Å². The first-order valence-corrected chi connectivity index (χ1v) is 4.49. The normalized spacial score (nSPS) is 11.7. The van der Waals surface area contributed by atoms with E-state index in [-0.39, 0.29) is 5.82 Å². The second kappa shape index (κ2) is 3.72. The van der Waals surface area contributed by atoms with Crippen LogP contribution in [0.4, 0.5) is 19.0 Å². The van der Waals surface area contributed by atoms with E-state index >= 15 is 0 Å². The van der Waals surface area contributed by atoms with E-state index in [4.69, 9.17) is 0 Å². The van der Waals surface area contributed by atoms with Gasteiger partial charge in [0.15, 0.2) is 17.5 Å². The highest BCUT2D eigenvalue weighted by molar-refractivity contribution is 5.41. The number of hydrogen-bond acceptors (Lipinski definition) is 2. The van der Waals surface area contributed by atoms with Crippen molar-refractivity contribution < 1.29 is 13.2 Å². The van der Waals surface area contributed by atoms with Crippen LogP contribution in [-0.4, -0.2) is 17.6 Å². The van der Waals surface area contributed by atoms with E-state index in [1.54, 1.807) is 7.05 Å². The fourth-order valence-corrected chi connectivity index (χ4v) is 0.988. The van der Waals surface area contributed by atoms with Crippen LogP contribution in [-0.2, 0) is 0 Å². The number of hydrogen-bond donors (Lipinski definition) is 0. The molecule has 0 radical (unpaired) electrons. The lowest BCUT2D eigenvalue weighted by Crippen LogP contribution is -2.39. The predicted molar refractivity (Wildman–Crippen MR) is 52.3 cm³/mol. The quantitative estimate of drug-likeness (QED) is 0.674. The molecule has 0 aliphatic carbocycles. The van der Waals surface area contributed by atoms with Crippen molar-refractivity contribution in [2.75, 3.05) is 11.9 Å². The summed E-state index contributed by atoms with van der Waals surface area (Å²) in [5, 5.41) is 0. The van der Waals surface area contributed by atoms with E-state index in [1.165, 1.54) is 4.90 Å². The summed E-state index contributed by atoms with van der Waals surface area (Å²) < 4.78 is 38.8. The van der Waals surface area contributed by atoms with E-state index in [1.807, 2.05) is 20.8 Å². The van der Waals surface area contributed by atoms with Gasteiger partial charge in [-0.25, -0.2) is 8.78 Å². The highest BCUT2D eigenvalue weighted by atomic mass is 19.2. The van der Waals surface area contributed by atoms with Crippen molar-refractivity contribution in [2.45, 2.75) is 26.3 Å². The fourth-order valence-electron chi connectivity index (χ4n) is 0.988. The number of aromatic nitrogens is 1. The Morgan fingerprint density at radius 3 is 2.13 bits per heavy atom. The first-order chi connectivity index (χ1) is 6.73. The summed E-state index contributed by atoms with van der Waals surface area (Å²) in [6.45, 7) is 5.44. The Kier molecular flexibility index (Phi) is 2.93. The summed E-state index contributed by atoms with van der Waals surface area (Å²) in [5.41, 5.74) is -0.419. The van der Waals surface area contributed by atoms with E-state index in [2.05, 4.69) is 4.98 Å². The molecule has 0 bridgehead atoms. The Morgan fingerprint density at radius 2 is 1.67 bits per heavy atom. The van der Waals surface area contributed by atoms with Crippen LogP contribution >= 0.6 is 0 Å². The summed E-state index contributed by atoms with van der Waals surface area (Å²) in [5.74, 6) is -3.63. The summed E-state index contributed by atoms with van der Waals surface area (Å²) >= 11 is 0. The average molecular weight is 218 g/mol. The molecule has 0 N–H and O–H groups in total. The van der Waals surface area contributed by atoms with E-state index in [9.17, 15) is 13.2 Å². The minimum absolute atomic E-state index is 0.193. The topological polar surface area (TPSA) is 16.1 Å². The molecule has 0 amide bonds. The largest absolute Gasteiger partial charge is 0.352 e. The van der Waals surface area contributed by atoms with E-state index in [0.717, 1.165) is 0 Å². The molecular formula is C10H13F3N2. The smallest absolute Gasteiger partial charge is 0.251 e. The SMILES string of the molecule is CN(c1nc(F)c(F)cc1F)C(C)(C)C. The molecule has 1 aromatic heterocycles. The molecule has 0 saturated heterocycles. The Morgan fingerprint density at radius 1 is 1.13 bits per heavy atom. The van der Waals surface area contributed by atoms with Crippen molar-refractivity contribution in [1.82, 2.24) is 4.98 Å². The molecule has 5 heteroatoms. The molecule has 0 fully saturated rings. The lowest BCUT2D eigenvalue weighted by Gasteiger charge is -2.33. The Hall–Kier alpha value is -1.26. The number of nitrogens with zero attached hydrogens (tertiary/aromatic N) is 2. The van der Waals surface area contributed by atoms with Crippen LogP contribution < -0.4 is 4.90 Å². The number of rotatable bonds is 1. The highest BCUT2D eigenvalue weighted by Crippen LogP contribution is 2.23. The minimum atomic E-state index is -1.29. The second-order valence-corrected chi connectivity index (χ2v) is 4.30. The predicted octanol–water partition coefficient (Wildman–Crippen LogP) is 2.73. The van der Waals surface area contributed by atoms with Gasteiger partial charge < -0.3 is 4.90 Å². The first kappa shape index (κ1) is 11.8. The molecule has 0 spiro atoms. The van der Waals surface area contributed by atoms with Gasteiger partial charge in [-0.15, -0.1) is 0 Å². The maximum absolute atomic E-state index is 13.3. The van der Waals surface area contributed by atoms with Crippen LogP contribution in [0.2, 0.25) is 0 Å². The first-order valence-electron chi connectivity index (χ1n) is 4.49. The molecule has 1 aromatic rings. The van der Waals surface area contributed by atoms with Gasteiger partial charge in [0.1, 0.15) is 0 Å². The van der Waals surface area contributed by atoms with Crippen molar-refractivity contribution >= 4 is 5.82 Å². The molecule has 0 atom stereocenters. The molecule has 0 aromatic carbocycles. The van der Waals surface area contributed by atoms with Crippen molar-refractivity contribution in [2.24, 2.45) is 0 Å². The van der Waals surface area contributed by atoms with Gasteiger partial charge in [-0.3, -0.25) is 0 Å². The number of halogens is 3. The third kappa shape index (κ3) is 2.40. The summed E-state index contributed by atoms with van der Waals surface area (Å²) in [6.07, 6.45) is 0. The third-order valence-electron chi connectivity index (χ3n) is 2.19. The summed E-state index contributed by atoms with van der Waals surface area (Å²) in [4.78, 5) is 4.70. The molecule has 0 aliphatic heterocycles. The molecule has 84 valence electrons. The number of pyridine rings is 1. The van der Waals surface area contributed by atoms with Crippen LogP contribution in [0.3, 0.4) is 0 Å².